The van der Waals surface area contributed by atoms with Gasteiger partial charge < -0.3 is 5.32 Å². The molecule has 1 N–H and O–H groups in total. The Labute approximate surface area is 120 Å². The number of nitrogens with zero attached hydrogens (tertiary/aromatic N) is 1. The first kappa shape index (κ1) is 15.3. The highest BCUT2D eigenvalue weighted by Gasteiger charge is 2.35. The van der Waals surface area contributed by atoms with E-state index in [1.165, 1.54) is 64.3 Å². The highest BCUT2D eigenvalue weighted by atomic mass is 15.2. The van der Waals surface area contributed by atoms with Crippen LogP contribution in [0.1, 0.15) is 71.6 Å². The van der Waals surface area contributed by atoms with Gasteiger partial charge in [0.25, 0.3) is 0 Å². The highest BCUT2D eigenvalue weighted by molar-refractivity contribution is 4.93. The zero-order valence-electron chi connectivity index (χ0n) is 13.3. The van der Waals surface area contributed by atoms with Gasteiger partial charge >= 0.3 is 0 Å². The largest absolute Gasteiger partial charge is 0.315 e. The molecule has 2 aliphatic rings. The van der Waals surface area contributed by atoms with Gasteiger partial charge in [0, 0.05) is 18.1 Å². The first-order valence-corrected chi connectivity index (χ1v) is 8.73. The quantitative estimate of drug-likeness (QED) is 0.832. The topological polar surface area (TPSA) is 15.3 Å². The second kappa shape index (κ2) is 7.64. The Morgan fingerprint density at radius 1 is 1.00 bits per heavy atom. The molecule has 1 saturated heterocycles. The number of likely N-dealkylation sites (tertiary alicyclic amines) is 1. The molecule has 0 aromatic carbocycles. The molecule has 0 spiro atoms. The van der Waals surface area contributed by atoms with Crippen molar-refractivity contribution in [2.75, 3.05) is 13.6 Å². The van der Waals surface area contributed by atoms with E-state index in [-0.39, 0.29) is 0 Å². The number of rotatable bonds is 4. The zero-order valence-corrected chi connectivity index (χ0v) is 13.3. The third-order valence-electron chi connectivity index (χ3n) is 5.69. The van der Waals surface area contributed by atoms with E-state index in [0.717, 1.165) is 24.0 Å². The van der Waals surface area contributed by atoms with Gasteiger partial charge in [0.15, 0.2) is 0 Å². The summed E-state index contributed by atoms with van der Waals surface area (Å²) in [5.74, 6) is 0.968. The van der Waals surface area contributed by atoms with Crippen LogP contribution in [0, 0.1) is 5.92 Å². The van der Waals surface area contributed by atoms with E-state index in [4.69, 9.17) is 0 Å². The van der Waals surface area contributed by atoms with Crippen LogP contribution < -0.4 is 5.32 Å². The molecular weight excluding hydrogens is 232 g/mol. The van der Waals surface area contributed by atoms with E-state index in [9.17, 15) is 0 Å². The first-order valence-electron chi connectivity index (χ1n) is 8.73. The molecule has 0 aromatic heterocycles. The van der Waals surface area contributed by atoms with Crippen molar-refractivity contribution in [3.8, 4) is 0 Å². The fourth-order valence-corrected chi connectivity index (χ4v) is 4.38. The normalized spacial score (nSPS) is 38.1. The van der Waals surface area contributed by atoms with Crippen molar-refractivity contribution in [3.05, 3.63) is 0 Å². The molecule has 1 heterocycles. The maximum atomic E-state index is 3.62. The number of hydrogen-bond acceptors (Lipinski definition) is 2. The SMILES string of the molecule is CCC1CCC(NC)C(N2CCCCCC2CC)C1. The number of hydrogen-bond donors (Lipinski definition) is 1. The van der Waals surface area contributed by atoms with Gasteiger partial charge in [-0.25, -0.2) is 0 Å². The molecule has 2 heteroatoms. The summed E-state index contributed by atoms with van der Waals surface area (Å²) in [7, 11) is 2.17. The summed E-state index contributed by atoms with van der Waals surface area (Å²) in [6.07, 6.45) is 12.7. The molecule has 4 unspecified atom stereocenters. The van der Waals surface area contributed by atoms with E-state index in [0.29, 0.717) is 0 Å². The molecule has 0 aromatic rings. The Bertz CT molecular complexity index is 254. The van der Waals surface area contributed by atoms with Crippen molar-refractivity contribution < 1.29 is 0 Å². The first-order chi connectivity index (χ1) is 9.30. The highest BCUT2D eigenvalue weighted by Crippen LogP contribution is 2.33. The lowest BCUT2D eigenvalue weighted by atomic mass is 9.79. The van der Waals surface area contributed by atoms with Gasteiger partial charge in [-0.3, -0.25) is 4.90 Å². The molecule has 2 rings (SSSR count). The van der Waals surface area contributed by atoms with Crippen LogP contribution in [0.3, 0.4) is 0 Å². The van der Waals surface area contributed by atoms with Crippen molar-refractivity contribution in [2.24, 2.45) is 5.92 Å². The minimum Gasteiger partial charge on any atom is -0.315 e. The molecule has 1 aliphatic carbocycles. The summed E-state index contributed by atoms with van der Waals surface area (Å²) in [5.41, 5.74) is 0. The predicted molar refractivity (Wildman–Crippen MR) is 83.5 cm³/mol. The predicted octanol–water partition coefficient (Wildman–Crippen LogP) is 3.81. The lowest BCUT2D eigenvalue weighted by Gasteiger charge is -2.45. The lowest BCUT2D eigenvalue weighted by molar-refractivity contribution is 0.0611. The van der Waals surface area contributed by atoms with Crippen molar-refractivity contribution in [2.45, 2.75) is 89.8 Å². The van der Waals surface area contributed by atoms with E-state index in [2.05, 4.69) is 31.1 Å². The molecule has 0 amide bonds. The van der Waals surface area contributed by atoms with Crippen molar-refractivity contribution in [1.29, 1.82) is 0 Å². The summed E-state index contributed by atoms with van der Waals surface area (Å²) in [6.45, 7) is 6.11. The molecular formula is C17H34N2. The Morgan fingerprint density at radius 2 is 1.84 bits per heavy atom. The van der Waals surface area contributed by atoms with Gasteiger partial charge in [-0.1, -0.05) is 33.1 Å². The van der Waals surface area contributed by atoms with E-state index < -0.39 is 0 Å². The number of likely N-dealkylation sites (N-methyl/N-ethyl adjacent to an activating group) is 1. The standard InChI is InChI=1S/C17H34N2/c1-4-14-10-11-16(18-3)17(13-14)19-12-8-6-7-9-15(19)5-2/h14-18H,4-13H2,1-3H3. The minimum absolute atomic E-state index is 0.731. The van der Waals surface area contributed by atoms with Crippen LogP contribution in [0.2, 0.25) is 0 Å². The molecule has 1 aliphatic heterocycles. The van der Waals surface area contributed by atoms with Gasteiger partial charge in [0.1, 0.15) is 0 Å². The Kier molecular flexibility index (Phi) is 6.15. The third-order valence-corrected chi connectivity index (χ3v) is 5.69. The summed E-state index contributed by atoms with van der Waals surface area (Å²) in [5, 5.41) is 3.62. The Balaban J connectivity index is 2.08. The summed E-state index contributed by atoms with van der Waals surface area (Å²) in [6, 6.07) is 2.38. The molecule has 19 heavy (non-hydrogen) atoms. The van der Waals surface area contributed by atoms with Crippen LogP contribution in [0.4, 0.5) is 0 Å². The monoisotopic (exact) mass is 266 g/mol. The average molecular weight is 266 g/mol. The summed E-state index contributed by atoms with van der Waals surface area (Å²) >= 11 is 0. The van der Waals surface area contributed by atoms with Crippen molar-refractivity contribution in [1.82, 2.24) is 10.2 Å². The fraction of sp³-hybridized carbons (Fsp3) is 1.00. The summed E-state index contributed by atoms with van der Waals surface area (Å²) < 4.78 is 0. The third kappa shape index (κ3) is 3.72. The molecule has 4 atom stereocenters. The van der Waals surface area contributed by atoms with Gasteiger partial charge in [0.2, 0.25) is 0 Å². The maximum Gasteiger partial charge on any atom is 0.0254 e. The smallest absolute Gasteiger partial charge is 0.0254 e. The fourth-order valence-electron chi connectivity index (χ4n) is 4.38. The average Bonchev–Trinajstić information content (AvgIpc) is 2.71. The van der Waals surface area contributed by atoms with Gasteiger partial charge in [-0.15, -0.1) is 0 Å². The van der Waals surface area contributed by atoms with Crippen LogP contribution in [0.15, 0.2) is 0 Å². The van der Waals surface area contributed by atoms with Gasteiger partial charge in [-0.2, -0.15) is 0 Å². The second-order valence-corrected chi connectivity index (χ2v) is 6.70. The van der Waals surface area contributed by atoms with Crippen LogP contribution in [0.5, 0.6) is 0 Å². The second-order valence-electron chi connectivity index (χ2n) is 6.70. The van der Waals surface area contributed by atoms with E-state index in [1.807, 2.05) is 0 Å². The van der Waals surface area contributed by atoms with Gasteiger partial charge in [0.05, 0.1) is 0 Å². The molecule has 0 bridgehead atoms. The van der Waals surface area contributed by atoms with Gasteiger partial charge in [-0.05, 0) is 58.0 Å². The van der Waals surface area contributed by atoms with Crippen LogP contribution in [-0.2, 0) is 0 Å². The zero-order chi connectivity index (χ0) is 13.7. The Hall–Kier alpha value is -0.0800. The molecule has 2 fully saturated rings. The van der Waals surface area contributed by atoms with E-state index in [1.54, 1.807) is 0 Å². The molecule has 0 radical (unpaired) electrons. The van der Waals surface area contributed by atoms with E-state index >= 15 is 0 Å². The van der Waals surface area contributed by atoms with Crippen molar-refractivity contribution >= 4 is 0 Å². The van der Waals surface area contributed by atoms with Crippen LogP contribution >= 0.6 is 0 Å². The van der Waals surface area contributed by atoms with Crippen LogP contribution in [-0.4, -0.2) is 36.6 Å². The molecule has 2 nitrogen and oxygen atoms in total. The number of nitrogens with one attached hydrogen (secondary N) is 1. The van der Waals surface area contributed by atoms with Crippen LogP contribution in [0.25, 0.3) is 0 Å². The van der Waals surface area contributed by atoms with Crippen molar-refractivity contribution in [3.63, 3.8) is 0 Å². The minimum atomic E-state index is 0.731. The summed E-state index contributed by atoms with van der Waals surface area (Å²) in [4.78, 5) is 2.90. The molecule has 112 valence electrons. The Morgan fingerprint density at radius 3 is 2.53 bits per heavy atom. The lowest BCUT2D eigenvalue weighted by Crippen LogP contribution is -2.55. The molecule has 1 saturated carbocycles. The maximum absolute atomic E-state index is 3.62.